The molecule has 0 radical (unpaired) electrons. The van der Waals surface area contributed by atoms with Gasteiger partial charge in [0, 0.05) is 25.7 Å². The van der Waals surface area contributed by atoms with Crippen LogP contribution in [0.5, 0.6) is 0 Å². The Morgan fingerprint density at radius 1 is 1.18 bits per heavy atom. The summed E-state index contributed by atoms with van der Waals surface area (Å²) in [6.07, 6.45) is 0. The van der Waals surface area contributed by atoms with E-state index in [4.69, 9.17) is 4.74 Å². The minimum absolute atomic E-state index is 0.152. The summed E-state index contributed by atoms with van der Waals surface area (Å²) in [7, 11) is 5.96. The minimum Gasteiger partial charge on any atom is -0.377 e. The molecule has 1 N–H and O–H groups in total. The molecule has 0 aromatic rings. The highest BCUT2D eigenvalue weighted by atomic mass is 16.5. The van der Waals surface area contributed by atoms with Crippen molar-refractivity contribution in [3.63, 3.8) is 0 Å². The molecule has 2 unspecified atom stereocenters. The lowest BCUT2D eigenvalue weighted by atomic mass is 9.86. The van der Waals surface area contributed by atoms with Gasteiger partial charge in [-0.05, 0) is 40.3 Å². The smallest absolute Gasteiger partial charge is 0.0787 e. The van der Waals surface area contributed by atoms with Gasteiger partial charge in [0.2, 0.25) is 0 Å². The van der Waals surface area contributed by atoms with Crippen LogP contribution >= 0.6 is 0 Å². The molecule has 0 aliphatic heterocycles. The number of ether oxygens (including phenoxy) is 1. The summed E-state index contributed by atoms with van der Waals surface area (Å²) in [4.78, 5) is 2.40. The molecule has 0 aromatic carbocycles. The van der Waals surface area contributed by atoms with Crippen LogP contribution in [0.25, 0.3) is 0 Å². The van der Waals surface area contributed by atoms with Crippen molar-refractivity contribution < 1.29 is 4.74 Å². The molecule has 0 aliphatic rings. The molecule has 0 heterocycles. The Hall–Kier alpha value is -0.120. The number of nitrogens with one attached hydrogen (secondary N) is 1. The van der Waals surface area contributed by atoms with E-state index in [-0.39, 0.29) is 5.60 Å². The van der Waals surface area contributed by atoms with Crippen molar-refractivity contribution in [3.05, 3.63) is 0 Å². The van der Waals surface area contributed by atoms with Gasteiger partial charge in [-0.2, -0.15) is 0 Å². The fourth-order valence-corrected chi connectivity index (χ4v) is 1.91. The van der Waals surface area contributed by atoms with Crippen molar-refractivity contribution in [2.75, 3.05) is 27.7 Å². The van der Waals surface area contributed by atoms with Gasteiger partial charge in [-0.15, -0.1) is 0 Å². The molecule has 17 heavy (non-hydrogen) atoms. The number of hydrogen-bond acceptors (Lipinski definition) is 3. The Morgan fingerprint density at radius 3 is 1.94 bits per heavy atom. The largest absolute Gasteiger partial charge is 0.377 e. The zero-order valence-electron chi connectivity index (χ0n) is 13.2. The number of nitrogens with zero attached hydrogens (tertiary/aromatic N) is 1. The predicted molar refractivity (Wildman–Crippen MR) is 75.5 cm³/mol. The van der Waals surface area contributed by atoms with Crippen LogP contribution in [0.3, 0.4) is 0 Å². The first-order valence-corrected chi connectivity index (χ1v) is 6.49. The molecular formula is C14H32N2O. The molecule has 104 valence electrons. The minimum atomic E-state index is -0.152. The summed E-state index contributed by atoms with van der Waals surface area (Å²) in [6.45, 7) is 14.4. The summed E-state index contributed by atoms with van der Waals surface area (Å²) in [5.74, 6) is 0. The topological polar surface area (TPSA) is 24.5 Å². The summed E-state index contributed by atoms with van der Waals surface area (Å²) in [5, 5.41) is 3.36. The molecular weight excluding hydrogens is 212 g/mol. The van der Waals surface area contributed by atoms with Crippen LogP contribution in [0.2, 0.25) is 0 Å². The molecule has 0 spiro atoms. The molecule has 0 saturated heterocycles. The van der Waals surface area contributed by atoms with Crippen LogP contribution in [-0.2, 0) is 4.74 Å². The van der Waals surface area contributed by atoms with Crippen LogP contribution < -0.4 is 5.32 Å². The summed E-state index contributed by atoms with van der Waals surface area (Å²) in [6, 6.07) is 0.855. The zero-order valence-corrected chi connectivity index (χ0v) is 13.2. The Bertz CT molecular complexity index is 221. The number of hydrogen-bond donors (Lipinski definition) is 1. The van der Waals surface area contributed by atoms with Gasteiger partial charge in [0.1, 0.15) is 0 Å². The van der Waals surface area contributed by atoms with Gasteiger partial charge >= 0.3 is 0 Å². The number of methoxy groups -OCH3 is 1. The van der Waals surface area contributed by atoms with E-state index in [1.165, 1.54) is 0 Å². The molecule has 0 aromatic heterocycles. The van der Waals surface area contributed by atoms with Gasteiger partial charge in [0.15, 0.2) is 0 Å². The van der Waals surface area contributed by atoms with Gasteiger partial charge in [0.05, 0.1) is 5.60 Å². The second-order valence-electron chi connectivity index (χ2n) is 6.63. The first-order valence-electron chi connectivity index (χ1n) is 6.49. The summed E-state index contributed by atoms with van der Waals surface area (Å²) in [5.41, 5.74) is 0.144. The summed E-state index contributed by atoms with van der Waals surface area (Å²) < 4.78 is 5.57. The molecule has 0 saturated carbocycles. The molecule has 0 rings (SSSR count). The van der Waals surface area contributed by atoms with E-state index < -0.39 is 0 Å². The molecule has 0 bridgehead atoms. The van der Waals surface area contributed by atoms with Crippen LogP contribution in [0.4, 0.5) is 0 Å². The highest BCUT2D eigenvalue weighted by Crippen LogP contribution is 2.24. The lowest BCUT2D eigenvalue weighted by Gasteiger charge is -2.41. The van der Waals surface area contributed by atoms with Crippen molar-refractivity contribution >= 4 is 0 Å². The quantitative estimate of drug-likeness (QED) is 0.776. The van der Waals surface area contributed by atoms with E-state index in [1.807, 2.05) is 7.05 Å². The van der Waals surface area contributed by atoms with E-state index in [2.05, 4.69) is 58.8 Å². The molecule has 2 atom stereocenters. The van der Waals surface area contributed by atoms with Gasteiger partial charge in [-0.1, -0.05) is 20.8 Å². The Kier molecular flexibility index (Phi) is 6.12. The fraction of sp³-hybridized carbons (Fsp3) is 1.00. The SMILES string of the molecule is CNC(CN(C)C(C)C(C)(C)C)C(C)(C)OC. The van der Waals surface area contributed by atoms with Crippen LogP contribution in [-0.4, -0.2) is 50.3 Å². The Morgan fingerprint density at radius 2 is 1.65 bits per heavy atom. The average molecular weight is 244 g/mol. The van der Waals surface area contributed by atoms with Crippen LogP contribution in [0.15, 0.2) is 0 Å². The monoisotopic (exact) mass is 244 g/mol. The maximum Gasteiger partial charge on any atom is 0.0787 e. The molecule has 0 amide bonds. The van der Waals surface area contributed by atoms with E-state index in [1.54, 1.807) is 7.11 Å². The maximum atomic E-state index is 5.57. The third-order valence-electron chi connectivity index (χ3n) is 4.10. The first kappa shape index (κ1) is 16.9. The van der Waals surface area contributed by atoms with Crippen molar-refractivity contribution in [1.29, 1.82) is 0 Å². The van der Waals surface area contributed by atoms with Crippen molar-refractivity contribution in [3.8, 4) is 0 Å². The third-order valence-corrected chi connectivity index (χ3v) is 4.10. The predicted octanol–water partition coefficient (Wildman–Crippen LogP) is 2.37. The van der Waals surface area contributed by atoms with Gasteiger partial charge in [-0.3, -0.25) is 0 Å². The van der Waals surface area contributed by atoms with Crippen LogP contribution in [0.1, 0.15) is 41.5 Å². The molecule has 0 aliphatic carbocycles. The van der Waals surface area contributed by atoms with Gasteiger partial charge in [0.25, 0.3) is 0 Å². The highest BCUT2D eigenvalue weighted by molar-refractivity contribution is 4.89. The maximum absolute atomic E-state index is 5.57. The standard InChI is InChI=1S/C14H32N2O/c1-11(13(2,3)4)16(8)10-12(15-7)14(5,6)17-9/h11-12,15H,10H2,1-9H3. The van der Waals surface area contributed by atoms with E-state index >= 15 is 0 Å². The molecule has 0 fully saturated rings. The number of likely N-dealkylation sites (N-methyl/N-ethyl adjacent to an activating group) is 2. The normalized spacial score (nSPS) is 17.3. The average Bonchev–Trinajstić information content (AvgIpc) is 2.22. The fourth-order valence-electron chi connectivity index (χ4n) is 1.91. The Labute approximate surface area is 108 Å². The van der Waals surface area contributed by atoms with Crippen LogP contribution in [0, 0.1) is 5.41 Å². The second-order valence-corrected chi connectivity index (χ2v) is 6.63. The molecule has 3 heteroatoms. The second kappa shape index (κ2) is 6.17. The highest BCUT2D eigenvalue weighted by Gasteiger charge is 2.32. The zero-order chi connectivity index (χ0) is 13.9. The van der Waals surface area contributed by atoms with Crippen molar-refractivity contribution in [1.82, 2.24) is 10.2 Å². The van der Waals surface area contributed by atoms with Gasteiger partial charge in [-0.25, -0.2) is 0 Å². The third kappa shape index (κ3) is 4.94. The number of rotatable bonds is 6. The van der Waals surface area contributed by atoms with E-state index in [0.29, 0.717) is 17.5 Å². The van der Waals surface area contributed by atoms with E-state index in [0.717, 1.165) is 6.54 Å². The summed E-state index contributed by atoms with van der Waals surface area (Å²) >= 11 is 0. The lowest BCUT2D eigenvalue weighted by molar-refractivity contribution is -0.0226. The lowest BCUT2D eigenvalue weighted by Crippen LogP contribution is -2.55. The first-order chi connectivity index (χ1) is 7.56. The van der Waals surface area contributed by atoms with E-state index in [9.17, 15) is 0 Å². The van der Waals surface area contributed by atoms with Gasteiger partial charge < -0.3 is 15.0 Å². The Balaban J connectivity index is 4.60. The van der Waals surface area contributed by atoms with Crippen molar-refractivity contribution in [2.45, 2.75) is 59.2 Å². The van der Waals surface area contributed by atoms with Crippen molar-refractivity contribution in [2.24, 2.45) is 5.41 Å². The molecule has 3 nitrogen and oxygen atoms in total.